The topological polar surface area (TPSA) is 182 Å². The van der Waals surface area contributed by atoms with Crippen LogP contribution in [0.15, 0.2) is 31.0 Å². The largest absolute Gasteiger partial charge is 0.389 e. The molecule has 7 rings (SSSR count). The number of fused-ring (bicyclic) bond motifs is 2. The highest BCUT2D eigenvalue weighted by atomic mass is 16.3. The Hall–Kier alpha value is -4.04. The molecule has 0 aliphatic heterocycles. The van der Waals surface area contributed by atoms with Crippen LogP contribution in [0.4, 0.5) is 5.82 Å². The molecule has 3 fully saturated rings. The van der Waals surface area contributed by atoms with E-state index in [2.05, 4.69) is 40.9 Å². The zero-order chi connectivity index (χ0) is 25.3. The van der Waals surface area contributed by atoms with Gasteiger partial charge in [-0.3, -0.25) is 4.79 Å². The number of carbonyl (C=O) groups is 1. The number of anilines is 1. The van der Waals surface area contributed by atoms with Gasteiger partial charge in [0.05, 0.1) is 30.1 Å². The zero-order valence-corrected chi connectivity index (χ0v) is 19.9. The van der Waals surface area contributed by atoms with Crippen molar-refractivity contribution in [3.63, 3.8) is 0 Å². The Bertz CT molecular complexity index is 1500. The lowest BCUT2D eigenvalue weighted by Gasteiger charge is -2.23. The lowest BCUT2D eigenvalue weighted by Crippen LogP contribution is -2.41. The highest BCUT2D eigenvalue weighted by Gasteiger charge is 2.75. The summed E-state index contributed by atoms with van der Waals surface area (Å²) in [5.41, 5.74) is 0.463. The van der Waals surface area contributed by atoms with Gasteiger partial charge in [0.25, 0.3) is 5.95 Å². The van der Waals surface area contributed by atoms with Crippen LogP contribution in [0.2, 0.25) is 0 Å². The van der Waals surface area contributed by atoms with Crippen molar-refractivity contribution in [2.75, 3.05) is 18.9 Å². The van der Waals surface area contributed by atoms with Gasteiger partial charge >= 0.3 is 0 Å². The van der Waals surface area contributed by atoms with Crippen molar-refractivity contribution in [2.45, 2.75) is 37.5 Å². The highest BCUT2D eigenvalue weighted by Crippen LogP contribution is 2.67. The molecule has 4 aromatic heterocycles. The molecule has 2 unspecified atom stereocenters. The number of rotatable bonds is 7. The summed E-state index contributed by atoms with van der Waals surface area (Å²) >= 11 is 0. The van der Waals surface area contributed by atoms with E-state index in [9.17, 15) is 15.0 Å². The van der Waals surface area contributed by atoms with Crippen molar-refractivity contribution >= 4 is 22.9 Å². The van der Waals surface area contributed by atoms with E-state index in [1.807, 2.05) is 0 Å². The Morgan fingerprint density at radius 3 is 2.76 bits per heavy atom. The number of imidazole rings is 1. The number of nitrogens with one attached hydrogen (secondary N) is 2. The molecule has 4 N–H and O–H groups in total. The van der Waals surface area contributed by atoms with E-state index >= 15 is 0 Å². The molecule has 4 aromatic rings. The third-order valence-corrected chi connectivity index (χ3v) is 7.80. The maximum atomic E-state index is 12.6. The third-order valence-electron chi connectivity index (χ3n) is 7.80. The number of hydrogen-bond acceptors (Lipinski definition) is 11. The van der Waals surface area contributed by atoms with Crippen LogP contribution in [-0.4, -0.2) is 86.4 Å². The second-order valence-corrected chi connectivity index (χ2v) is 10.00. The first-order chi connectivity index (χ1) is 18.0. The maximum Gasteiger partial charge on any atom is 0.256 e. The van der Waals surface area contributed by atoms with Crippen molar-refractivity contribution in [2.24, 2.45) is 17.3 Å². The Morgan fingerprint density at radius 2 is 2.00 bits per heavy atom. The summed E-state index contributed by atoms with van der Waals surface area (Å²) < 4.78 is 3.19. The lowest BCUT2D eigenvalue weighted by molar-refractivity contribution is -0.132. The van der Waals surface area contributed by atoms with E-state index < -0.39 is 23.7 Å². The minimum absolute atomic E-state index is 0.246. The Kier molecular flexibility index (Phi) is 4.78. The predicted molar refractivity (Wildman–Crippen MR) is 128 cm³/mol. The van der Waals surface area contributed by atoms with E-state index in [1.54, 1.807) is 35.6 Å². The molecular weight excluding hydrogens is 478 g/mol. The average molecular weight is 504 g/mol. The van der Waals surface area contributed by atoms with Gasteiger partial charge in [-0.15, -0.1) is 5.10 Å². The van der Waals surface area contributed by atoms with E-state index in [-0.39, 0.29) is 17.8 Å². The van der Waals surface area contributed by atoms with Crippen LogP contribution >= 0.6 is 0 Å². The summed E-state index contributed by atoms with van der Waals surface area (Å²) in [5.74, 6) is 1.30. The number of aliphatic hydroxyl groups excluding tert-OH is 2. The van der Waals surface area contributed by atoms with Gasteiger partial charge in [-0.2, -0.15) is 14.6 Å². The van der Waals surface area contributed by atoms with E-state index in [0.29, 0.717) is 40.8 Å². The molecule has 0 bridgehead atoms. The standard InChI is InChI=1S/C23H25N11O3/c1-24-21(37)23-7-12(23)15(16(35)17(23)36)33-10-28-14-19(27-8-11-3-4-11)29-22(30-20(14)33)34-9-13(31-32-34)18-25-5-2-6-26-18/h2,5-6,9-12,15-17,35-36H,3-4,7-8H2,1H3,(H,24,37)(H,27,29,30)/t12-,15-,16?,17?,23+/m1/s1. The van der Waals surface area contributed by atoms with Crippen LogP contribution in [0.3, 0.4) is 0 Å². The normalized spacial score (nSPS) is 28.3. The van der Waals surface area contributed by atoms with Crippen molar-refractivity contribution in [1.29, 1.82) is 0 Å². The van der Waals surface area contributed by atoms with Gasteiger partial charge in [-0.1, -0.05) is 5.21 Å². The van der Waals surface area contributed by atoms with Crippen LogP contribution < -0.4 is 10.6 Å². The minimum Gasteiger partial charge on any atom is -0.389 e. The molecule has 3 aliphatic rings. The summed E-state index contributed by atoms with van der Waals surface area (Å²) in [4.78, 5) is 35.0. The second kappa shape index (κ2) is 7.98. The van der Waals surface area contributed by atoms with Gasteiger partial charge in [-0.05, 0) is 31.2 Å². The Labute approximate surface area is 210 Å². The van der Waals surface area contributed by atoms with Gasteiger partial charge in [-0.25, -0.2) is 15.0 Å². The fraction of sp³-hybridized carbons (Fsp3) is 0.478. The zero-order valence-electron chi connectivity index (χ0n) is 19.9. The number of nitrogens with zero attached hydrogens (tertiary/aromatic N) is 9. The predicted octanol–water partition coefficient (Wildman–Crippen LogP) is -0.285. The summed E-state index contributed by atoms with van der Waals surface area (Å²) in [6, 6.07) is 1.15. The summed E-state index contributed by atoms with van der Waals surface area (Å²) in [6.45, 7) is 0.756. The fourth-order valence-corrected chi connectivity index (χ4v) is 5.59. The first kappa shape index (κ1) is 22.2. The molecule has 4 heterocycles. The fourth-order valence-electron chi connectivity index (χ4n) is 5.59. The minimum atomic E-state index is -1.18. The molecule has 1 amide bonds. The second-order valence-electron chi connectivity index (χ2n) is 10.00. The molecule has 0 radical (unpaired) electrons. The third kappa shape index (κ3) is 3.32. The number of aromatic nitrogens is 9. The van der Waals surface area contributed by atoms with E-state index in [4.69, 9.17) is 4.98 Å². The molecule has 0 spiro atoms. The summed E-state index contributed by atoms with van der Waals surface area (Å²) in [6.07, 6.45) is 6.97. The van der Waals surface area contributed by atoms with E-state index in [1.165, 1.54) is 24.6 Å². The van der Waals surface area contributed by atoms with Gasteiger partial charge in [0.15, 0.2) is 28.5 Å². The molecular formula is C23H25N11O3. The average Bonchev–Trinajstić information content (AvgIpc) is 3.77. The van der Waals surface area contributed by atoms with Crippen molar-refractivity contribution in [3.8, 4) is 17.5 Å². The molecule has 0 saturated heterocycles. The number of carbonyl (C=O) groups excluding carboxylic acids is 1. The van der Waals surface area contributed by atoms with Gasteiger partial charge in [0.2, 0.25) is 5.91 Å². The number of amides is 1. The molecule has 14 nitrogen and oxygen atoms in total. The molecule has 5 atom stereocenters. The Morgan fingerprint density at radius 1 is 1.19 bits per heavy atom. The number of aliphatic hydroxyl groups is 2. The smallest absolute Gasteiger partial charge is 0.256 e. The summed E-state index contributed by atoms with van der Waals surface area (Å²) in [7, 11) is 1.54. The van der Waals surface area contributed by atoms with Gasteiger partial charge < -0.3 is 25.4 Å². The van der Waals surface area contributed by atoms with Crippen LogP contribution in [0.1, 0.15) is 25.3 Å². The highest BCUT2D eigenvalue weighted by molar-refractivity contribution is 5.88. The van der Waals surface area contributed by atoms with Crippen molar-refractivity contribution in [1.82, 2.24) is 49.8 Å². The SMILES string of the molecule is CNC(=O)[C@@]12C[C@@H]1[C@@H](n1cnc3c(NCC4CC4)nc(-n4cc(-c5ncccn5)nn4)nc31)C(O)C2O. The molecule has 37 heavy (non-hydrogen) atoms. The Balaban J connectivity index is 1.31. The van der Waals surface area contributed by atoms with Crippen molar-refractivity contribution < 1.29 is 15.0 Å². The monoisotopic (exact) mass is 503 g/mol. The molecule has 3 saturated carbocycles. The van der Waals surface area contributed by atoms with E-state index in [0.717, 1.165) is 6.54 Å². The first-order valence-electron chi connectivity index (χ1n) is 12.3. The van der Waals surface area contributed by atoms with Crippen LogP contribution in [0, 0.1) is 17.3 Å². The number of hydrogen-bond donors (Lipinski definition) is 4. The van der Waals surface area contributed by atoms with Crippen LogP contribution in [0.25, 0.3) is 28.6 Å². The molecule has 0 aromatic carbocycles. The van der Waals surface area contributed by atoms with Gasteiger partial charge in [0, 0.05) is 31.9 Å². The summed E-state index contributed by atoms with van der Waals surface area (Å²) in [5, 5.41) is 36.2. The first-order valence-corrected chi connectivity index (χ1v) is 12.3. The molecule has 3 aliphatic carbocycles. The maximum absolute atomic E-state index is 12.6. The van der Waals surface area contributed by atoms with Crippen molar-refractivity contribution in [3.05, 3.63) is 31.0 Å². The lowest BCUT2D eigenvalue weighted by atomic mass is 9.98. The molecule has 190 valence electrons. The quantitative estimate of drug-likeness (QED) is 0.260. The van der Waals surface area contributed by atoms with Crippen LogP contribution in [-0.2, 0) is 4.79 Å². The molecule has 14 heteroatoms. The van der Waals surface area contributed by atoms with Crippen LogP contribution in [0.5, 0.6) is 0 Å². The van der Waals surface area contributed by atoms with Gasteiger partial charge in [0.1, 0.15) is 6.10 Å².